The maximum absolute atomic E-state index is 13.7. The number of aromatic nitrogens is 3. The first-order valence-electron chi connectivity index (χ1n) is 10.9. The quantitative estimate of drug-likeness (QED) is 0.395. The lowest BCUT2D eigenvalue weighted by molar-refractivity contribution is -0.178. The number of hydrogen-bond donors (Lipinski definition) is 3. The van der Waals surface area contributed by atoms with Crippen molar-refractivity contribution in [2.24, 2.45) is 0 Å². The van der Waals surface area contributed by atoms with Gasteiger partial charge in [0.15, 0.2) is 17.5 Å². The van der Waals surface area contributed by atoms with Crippen molar-refractivity contribution in [2.45, 2.75) is 34.7 Å². The molecule has 1 aliphatic rings. The zero-order valence-corrected chi connectivity index (χ0v) is 21.0. The molecule has 0 spiro atoms. The number of carbonyl (C=O) groups excluding carboxylic acids is 1. The molecule has 0 bridgehead atoms. The molecule has 2 heterocycles. The van der Waals surface area contributed by atoms with Crippen molar-refractivity contribution >= 4 is 29.3 Å². The zero-order chi connectivity index (χ0) is 27.0. The fraction of sp³-hybridized carbons (Fsp3) is 0.348. The number of aliphatic hydroxyl groups excluding tert-OH is 3. The Morgan fingerprint density at radius 2 is 1.84 bits per heavy atom. The van der Waals surface area contributed by atoms with Crippen LogP contribution in [0.3, 0.4) is 0 Å². The largest absolute Gasteiger partial charge is 0.394 e. The summed E-state index contributed by atoms with van der Waals surface area (Å²) >= 11 is 7.09. The van der Waals surface area contributed by atoms with Crippen LogP contribution in [-0.4, -0.2) is 85.6 Å². The van der Waals surface area contributed by atoms with Crippen molar-refractivity contribution in [3.05, 3.63) is 64.6 Å². The van der Waals surface area contributed by atoms with Gasteiger partial charge in [-0.2, -0.15) is 0 Å². The third-order valence-electron chi connectivity index (χ3n) is 5.77. The van der Waals surface area contributed by atoms with Crippen LogP contribution in [0.4, 0.5) is 13.2 Å². The topological polar surface area (TPSA) is 121 Å². The second kappa shape index (κ2) is 11.0. The van der Waals surface area contributed by atoms with E-state index < -0.39 is 53.8 Å². The third kappa shape index (κ3) is 5.47. The summed E-state index contributed by atoms with van der Waals surface area (Å²) in [5.41, 5.74) is -0.982. The van der Waals surface area contributed by atoms with E-state index >= 15 is 0 Å². The number of nitrogens with zero attached hydrogens (tertiary/aromatic N) is 4. The van der Waals surface area contributed by atoms with Gasteiger partial charge in [-0.3, -0.25) is 4.79 Å². The van der Waals surface area contributed by atoms with Gasteiger partial charge in [-0.05, 0) is 30.3 Å². The lowest BCUT2D eigenvalue weighted by Gasteiger charge is -2.41. The van der Waals surface area contributed by atoms with E-state index in [9.17, 15) is 33.3 Å². The maximum atomic E-state index is 13.7. The van der Waals surface area contributed by atoms with Gasteiger partial charge in [0.1, 0.15) is 35.5 Å². The Labute approximate surface area is 218 Å². The van der Waals surface area contributed by atoms with Gasteiger partial charge in [-0.15, -0.1) is 5.10 Å². The monoisotopic (exact) mass is 558 g/mol. The fourth-order valence-electron chi connectivity index (χ4n) is 3.87. The molecule has 37 heavy (non-hydrogen) atoms. The number of benzene rings is 2. The van der Waals surface area contributed by atoms with Crippen LogP contribution >= 0.6 is 23.4 Å². The Hall–Kier alpha value is -2.68. The second-order valence-corrected chi connectivity index (χ2v) is 10.1. The van der Waals surface area contributed by atoms with E-state index in [1.807, 2.05) is 0 Å². The van der Waals surface area contributed by atoms with Crippen LogP contribution in [0, 0.1) is 17.5 Å². The number of ether oxygens (including phenoxy) is 1. The number of halogens is 4. The minimum absolute atomic E-state index is 0.0536. The van der Waals surface area contributed by atoms with Crippen LogP contribution in [0.1, 0.15) is 16.4 Å². The molecule has 5 unspecified atom stereocenters. The van der Waals surface area contributed by atoms with Gasteiger partial charge in [0.05, 0.1) is 18.4 Å². The Morgan fingerprint density at radius 1 is 1.16 bits per heavy atom. The smallest absolute Gasteiger partial charge is 0.254 e. The normalized spacial score (nSPS) is 23.8. The number of carbonyl (C=O) groups is 1. The molecule has 1 amide bonds. The van der Waals surface area contributed by atoms with Crippen molar-refractivity contribution < 1.29 is 38.0 Å². The highest BCUT2D eigenvalue weighted by molar-refractivity contribution is 8.00. The number of hydrogen-bond acceptors (Lipinski definition) is 8. The average molecular weight is 559 g/mol. The molecule has 1 aromatic heterocycles. The van der Waals surface area contributed by atoms with E-state index in [0.29, 0.717) is 15.5 Å². The van der Waals surface area contributed by atoms with Gasteiger partial charge in [0.25, 0.3) is 5.91 Å². The third-order valence-corrected chi connectivity index (χ3v) is 7.22. The molecule has 3 N–H and O–H groups in total. The number of rotatable bonds is 6. The number of thioether (sulfide) groups is 1. The zero-order valence-electron chi connectivity index (χ0n) is 19.4. The first-order valence-corrected chi connectivity index (χ1v) is 12.1. The Kier molecular flexibility index (Phi) is 8.11. The number of amides is 1. The van der Waals surface area contributed by atoms with Crippen LogP contribution < -0.4 is 0 Å². The molecule has 1 aliphatic heterocycles. The molecule has 0 radical (unpaired) electrons. The van der Waals surface area contributed by atoms with E-state index in [0.717, 1.165) is 28.6 Å². The summed E-state index contributed by atoms with van der Waals surface area (Å²) in [5.74, 6) is -4.79. The lowest BCUT2D eigenvalue weighted by atomic mass is 9.97. The van der Waals surface area contributed by atoms with Gasteiger partial charge in [-0.1, -0.05) is 28.6 Å². The summed E-state index contributed by atoms with van der Waals surface area (Å²) in [7, 11) is 3.15. The van der Waals surface area contributed by atoms with Gasteiger partial charge in [-0.25, -0.2) is 17.9 Å². The van der Waals surface area contributed by atoms with Crippen LogP contribution in [0.5, 0.6) is 0 Å². The lowest BCUT2D eigenvalue weighted by Crippen LogP contribution is -2.55. The summed E-state index contributed by atoms with van der Waals surface area (Å²) in [4.78, 5) is 14.4. The van der Waals surface area contributed by atoms with Crippen molar-refractivity contribution in [1.82, 2.24) is 19.9 Å². The van der Waals surface area contributed by atoms with Crippen LogP contribution in [0.2, 0.25) is 5.02 Å². The highest BCUT2D eigenvalue weighted by atomic mass is 35.5. The minimum atomic E-state index is -1.63. The molecular formula is C23H22ClF3N4O5S. The Balaban J connectivity index is 1.67. The van der Waals surface area contributed by atoms with Gasteiger partial charge in [0, 0.05) is 29.6 Å². The summed E-state index contributed by atoms with van der Waals surface area (Å²) < 4.78 is 47.6. The van der Waals surface area contributed by atoms with E-state index in [1.54, 1.807) is 20.2 Å². The van der Waals surface area contributed by atoms with Crippen LogP contribution in [-0.2, 0) is 4.74 Å². The molecule has 4 rings (SSSR count). The van der Waals surface area contributed by atoms with Crippen LogP contribution in [0.25, 0.3) is 11.3 Å². The molecule has 0 saturated carbocycles. The minimum Gasteiger partial charge on any atom is -0.394 e. The molecule has 3 aromatic rings. The Bertz CT molecular complexity index is 1290. The van der Waals surface area contributed by atoms with Gasteiger partial charge >= 0.3 is 0 Å². The predicted molar refractivity (Wildman–Crippen MR) is 127 cm³/mol. The molecule has 14 heteroatoms. The highest BCUT2D eigenvalue weighted by Gasteiger charge is 2.46. The second-order valence-electron chi connectivity index (χ2n) is 8.49. The summed E-state index contributed by atoms with van der Waals surface area (Å²) in [5, 5.41) is 39.8. The first kappa shape index (κ1) is 27.4. The van der Waals surface area contributed by atoms with Crippen molar-refractivity contribution in [1.29, 1.82) is 0 Å². The fourth-order valence-corrected chi connectivity index (χ4v) is 5.34. The molecule has 198 valence electrons. The number of aliphatic hydroxyl groups is 3. The molecule has 5 atom stereocenters. The molecule has 0 aliphatic carbocycles. The highest BCUT2D eigenvalue weighted by Crippen LogP contribution is 2.40. The summed E-state index contributed by atoms with van der Waals surface area (Å²) in [6.45, 7) is -0.615. The molecule has 1 saturated heterocycles. The van der Waals surface area contributed by atoms with Crippen molar-refractivity contribution in [3.8, 4) is 11.3 Å². The van der Waals surface area contributed by atoms with E-state index in [1.165, 1.54) is 23.2 Å². The standard InChI is InChI=1S/C23H22ClF3N4O5S/c1-30(2)22(35)12-4-3-11(24)7-17(12)37-23-21(34)19(20(33)16(9-32)36-23)31-8-15(28-29-31)10-5-13(25)18(27)14(26)6-10/h3-8,16,19-21,23,32-34H,9H2,1-2H3. The maximum Gasteiger partial charge on any atom is 0.254 e. The molecule has 1 fully saturated rings. The summed E-state index contributed by atoms with van der Waals surface area (Å²) in [6, 6.07) is 4.86. The predicted octanol–water partition coefficient (Wildman–Crippen LogP) is 2.49. The van der Waals surface area contributed by atoms with Crippen LogP contribution in [0.15, 0.2) is 41.4 Å². The molecular weight excluding hydrogens is 537 g/mol. The Morgan fingerprint density at radius 3 is 2.46 bits per heavy atom. The first-order chi connectivity index (χ1) is 17.5. The average Bonchev–Trinajstić information content (AvgIpc) is 3.33. The molecule has 2 aromatic carbocycles. The van der Waals surface area contributed by atoms with Crippen molar-refractivity contribution in [2.75, 3.05) is 20.7 Å². The SMILES string of the molecule is CN(C)C(=O)c1ccc(Cl)cc1SC1OC(CO)C(O)C(n2cc(-c3cc(F)c(F)c(F)c3)nn2)C1O. The van der Waals surface area contributed by atoms with Gasteiger partial charge < -0.3 is 25.0 Å². The van der Waals surface area contributed by atoms with E-state index in [-0.39, 0.29) is 17.2 Å². The molecule has 9 nitrogen and oxygen atoms in total. The summed E-state index contributed by atoms with van der Waals surface area (Å²) in [6.07, 6.45) is -2.87. The van der Waals surface area contributed by atoms with Gasteiger partial charge in [0.2, 0.25) is 0 Å². The van der Waals surface area contributed by atoms with Crippen molar-refractivity contribution in [3.63, 3.8) is 0 Å². The van der Waals surface area contributed by atoms with E-state index in [2.05, 4.69) is 10.3 Å². The van der Waals surface area contributed by atoms with E-state index in [4.69, 9.17) is 16.3 Å².